The van der Waals surface area contributed by atoms with Crippen LogP contribution in [-0.2, 0) is 6.54 Å². The molecule has 2 aromatic rings. The largest absolute Gasteiger partial charge is 0.337 e. The lowest BCUT2D eigenvalue weighted by Crippen LogP contribution is -2.26. The molecule has 2 nitrogen and oxygen atoms in total. The number of hydrogen-bond acceptors (Lipinski definition) is 2. The molecule has 2 rings (SSSR count). The molecule has 0 saturated heterocycles. The monoisotopic (exact) mass is 335 g/mol. The summed E-state index contributed by atoms with van der Waals surface area (Å²) in [5.74, 6) is 0.00378. The van der Waals surface area contributed by atoms with Gasteiger partial charge in [-0.3, -0.25) is 4.79 Å². The van der Waals surface area contributed by atoms with Crippen molar-refractivity contribution in [2.75, 3.05) is 7.05 Å². The summed E-state index contributed by atoms with van der Waals surface area (Å²) >= 11 is 7.71. The van der Waals surface area contributed by atoms with E-state index in [-0.39, 0.29) is 5.91 Å². The third kappa shape index (κ3) is 3.61. The van der Waals surface area contributed by atoms with E-state index in [2.05, 4.69) is 28.6 Å². The number of rotatable bonds is 3. The Morgan fingerprint density at radius 3 is 2.42 bits per heavy atom. The highest BCUT2D eigenvalue weighted by atomic mass is 79.9. The number of halogens is 1. The van der Waals surface area contributed by atoms with Crippen molar-refractivity contribution in [2.45, 2.75) is 11.4 Å². The summed E-state index contributed by atoms with van der Waals surface area (Å²) in [6.45, 7) is 0.572. The molecule has 19 heavy (non-hydrogen) atoms. The van der Waals surface area contributed by atoms with E-state index >= 15 is 0 Å². The molecule has 2 aromatic carbocycles. The zero-order chi connectivity index (χ0) is 13.8. The number of carbonyl (C=O) groups excluding carboxylic acids is 1. The SMILES string of the molecule is CN(Cc1ccccc1Br)C(=O)c1ccc(S)cc1. The average molecular weight is 336 g/mol. The Morgan fingerprint density at radius 2 is 1.79 bits per heavy atom. The number of amides is 1. The van der Waals surface area contributed by atoms with E-state index in [0.717, 1.165) is 14.9 Å². The van der Waals surface area contributed by atoms with Crippen LogP contribution in [0.1, 0.15) is 15.9 Å². The zero-order valence-electron chi connectivity index (χ0n) is 10.5. The Kier molecular flexibility index (Phi) is 4.66. The first-order valence-electron chi connectivity index (χ1n) is 5.86. The lowest BCUT2D eigenvalue weighted by atomic mass is 10.1. The van der Waals surface area contributed by atoms with Crippen LogP contribution in [-0.4, -0.2) is 17.9 Å². The summed E-state index contributed by atoms with van der Waals surface area (Å²) in [4.78, 5) is 14.8. The summed E-state index contributed by atoms with van der Waals surface area (Å²) < 4.78 is 1.01. The smallest absolute Gasteiger partial charge is 0.253 e. The van der Waals surface area contributed by atoms with Crippen molar-refractivity contribution in [2.24, 2.45) is 0 Å². The molecule has 0 spiro atoms. The Labute approximate surface area is 127 Å². The number of carbonyl (C=O) groups is 1. The van der Waals surface area contributed by atoms with Crippen LogP contribution in [0.25, 0.3) is 0 Å². The van der Waals surface area contributed by atoms with Crippen molar-refractivity contribution in [3.8, 4) is 0 Å². The highest BCUT2D eigenvalue weighted by Gasteiger charge is 2.12. The van der Waals surface area contributed by atoms with Crippen LogP contribution in [0.15, 0.2) is 57.9 Å². The molecule has 4 heteroatoms. The molecule has 0 bridgehead atoms. The van der Waals surface area contributed by atoms with Crippen molar-refractivity contribution < 1.29 is 4.79 Å². The fourth-order valence-corrected chi connectivity index (χ4v) is 2.34. The highest BCUT2D eigenvalue weighted by molar-refractivity contribution is 9.10. The Bertz CT molecular complexity index is 583. The minimum Gasteiger partial charge on any atom is -0.337 e. The van der Waals surface area contributed by atoms with E-state index in [1.807, 2.05) is 36.4 Å². The number of thiol groups is 1. The maximum atomic E-state index is 12.3. The fraction of sp³-hybridized carbons (Fsp3) is 0.133. The number of nitrogens with zero attached hydrogens (tertiary/aromatic N) is 1. The first-order chi connectivity index (χ1) is 9.08. The molecule has 0 atom stereocenters. The van der Waals surface area contributed by atoms with Gasteiger partial charge in [-0.15, -0.1) is 12.6 Å². The molecule has 98 valence electrons. The molecular formula is C15H14BrNOS. The third-order valence-electron chi connectivity index (χ3n) is 2.83. The van der Waals surface area contributed by atoms with E-state index in [0.29, 0.717) is 12.1 Å². The summed E-state index contributed by atoms with van der Waals surface area (Å²) in [6, 6.07) is 15.1. The molecule has 0 aliphatic carbocycles. The quantitative estimate of drug-likeness (QED) is 0.840. The summed E-state index contributed by atoms with van der Waals surface area (Å²) in [5.41, 5.74) is 1.76. The van der Waals surface area contributed by atoms with Gasteiger partial charge < -0.3 is 4.90 Å². The maximum absolute atomic E-state index is 12.3. The van der Waals surface area contributed by atoms with Crippen molar-refractivity contribution in [1.29, 1.82) is 0 Å². The van der Waals surface area contributed by atoms with Gasteiger partial charge in [0.25, 0.3) is 5.91 Å². The van der Waals surface area contributed by atoms with Crippen molar-refractivity contribution in [3.05, 3.63) is 64.1 Å². The molecular weight excluding hydrogens is 322 g/mol. The summed E-state index contributed by atoms with van der Waals surface area (Å²) in [7, 11) is 1.80. The predicted molar refractivity (Wildman–Crippen MR) is 83.6 cm³/mol. The van der Waals surface area contributed by atoms with E-state index in [1.54, 1.807) is 24.1 Å². The second-order valence-corrected chi connectivity index (χ2v) is 5.67. The van der Waals surface area contributed by atoms with Crippen LogP contribution < -0.4 is 0 Å². The molecule has 0 N–H and O–H groups in total. The Morgan fingerprint density at radius 1 is 1.16 bits per heavy atom. The van der Waals surface area contributed by atoms with Gasteiger partial charge in [0.2, 0.25) is 0 Å². The van der Waals surface area contributed by atoms with Crippen LogP contribution in [0.3, 0.4) is 0 Å². The minimum absolute atomic E-state index is 0.00378. The standard InChI is InChI=1S/C15H14BrNOS/c1-17(10-12-4-2-3-5-14(12)16)15(18)11-6-8-13(19)9-7-11/h2-9,19H,10H2,1H3. The number of benzene rings is 2. The van der Waals surface area contributed by atoms with Gasteiger partial charge in [0.15, 0.2) is 0 Å². The lowest BCUT2D eigenvalue weighted by Gasteiger charge is -2.18. The first kappa shape index (κ1) is 14.2. The van der Waals surface area contributed by atoms with Gasteiger partial charge in [-0.1, -0.05) is 34.1 Å². The van der Waals surface area contributed by atoms with E-state index < -0.39 is 0 Å². The highest BCUT2D eigenvalue weighted by Crippen LogP contribution is 2.18. The zero-order valence-corrected chi connectivity index (χ0v) is 13.0. The predicted octanol–water partition coefficient (Wildman–Crippen LogP) is 4.01. The molecule has 1 amide bonds. The van der Waals surface area contributed by atoms with Crippen LogP contribution >= 0.6 is 28.6 Å². The van der Waals surface area contributed by atoms with Gasteiger partial charge in [-0.05, 0) is 35.9 Å². The molecule has 0 heterocycles. The van der Waals surface area contributed by atoms with Crippen molar-refractivity contribution in [1.82, 2.24) is 4.90 Å². The molecule has 0 aromatic heterocycles. The van der Waals surface area contributed by atoms with E-state index in [1.165, 1.54) is 0 Å². The second kappa shape index (κ2) is 6.26. The second-order valence-electron chi connectivity index (χ2n) is 4.30. The van der Waals surface area contributed by atoms with Gasteiger partial charge >= 0.3 is 0 Å². The van der Waals surface area contributed by atoms with Crippen LogP contribution in [0, 0.1) is 0 Å². The van der Waals surface area contributed by atoms with Crippen LogP contribution in [0.4, 0.5) is 0 Å². The van der Waals surface area contributed by atoms with Gasteiger partial charge in [-0.2, -0.15) is 0 Å². The summed E-state index contributed by atoms with van der Waals surface area (Å²) in [6.07, 6.45) is 0. The summed E-state index contributed by atoms with van der Waals surface area (Å²) in [5, 5.41) is 0. The molecule has 0 saturated carbocycles. The molecule has 0 aliphatic heterocycles. The third-order valence-corrected chi connectivity index (χ3v) is 3.90. The van der Waals surface area contributed by atoms with Crippen LogP contribution in [0.5, 0.6) is 0 Å². The first-order valence-corrected chi connectivity index (χ1v) is 7.10. The van der Waals surface area contributed by atoms with Gasteiger partial charge in [0.05, 0.1) is 0 Å². The van der Waals surface area contributed by atoms with Crippen molar-refractivity contribution >= 4 is 34.5 Å². The Balaban J connectivity index is 2.12. The molecule has 0 unspecified atom stereocenters. The number of hydrogen-bond donors (Lipinski definition) is 1. The maximum Gasteiger partial charge on any atom is 0.253 e. The topological polar surface area (TPSA) is 20.3 Å². The van der Waals surface area contributed by atoms with Gasteiger partial charge in [-0.25, -0.2) is 0 Å². The fourth-order valence-electron chi connectivity index (χ4n) is 1.78. The van der Waals surface area contributed by atoms with E-state index in [4.69, 9.17) is 0 Å². The van der Waals surface area contributed by atoms with Crippen molar-refractivity contribution in [3.63, 3.8) is 0 Å². The normalized spacial score (nSPS) is 10.3. The molecule has 0 fully saturated rings. The average Bonchev–Trinajstić information content (AvgIpc) is 2.41. The van der Waals surface area contributed by atoms with Gasteiger partial charge in [0.1, 0.15) is 0 Å². The van der Waals surface area contributed by atoms with Crippen LogP contribution in [0.2, 0.25) is 0 Å². The minimum atomic E-state index is 0.00378. The molecule has 0 radical (unpaired) electrons. The van der Waals surface area contributed by atoms with E-state index in [9.17, 15) is 4.79 Å². The Hall–Kier alpha value is -1.26. The lowest BCUT2D eigenvalue weighted by molar-refractivity contribution is 0.0785. The van der Waals surface area contributed by atoms with Gasteiger partial charge in [0, 0.05) is 28.5 Å². The molecule has 0 aliphatic rings.